The molecule has 0 saturated carbocycles. The minimum absolute atomic E-state index is 0.175. The Morgan fingerprint density at radius 1 is 1.22 bits per heavy atom. The Balaban J connectivity index is 2.42. The highest BCUT2D eigenvalue weighted by Crippen LogP contribution is 2.59. The molecule has 0 amide bonds. The molecule has 0 radical (unpaired) electrons. The third-order valence-corrected chi connectivity index (χ3v) is 6.27. The Bertz CT molecular complexity index is 494. The van der Waals surface area contributed by atoms with E-state index < -0.39 is 12.6 Å². The minimum atomic E-state index is -2.94. The molecule has 1 aromatic rings. The summed E-state index contributed by atoms with van der Waals surface area (Å²) in [5, 5.41) is 3.54. The van der Waals surface area contributed by atoms with Crippen molar-refractivity contribution in [1.29, 1.82) is 0 Å². The van der Waals surface area contributed by atoms with Crippen LogP contribution in [0, 0.1) is 0 Å². The highest BCUT2D eigenvalue weighted by Gasteiger charge is 2.50. The van der Waals surface area contributed by atoms with Crippen molar-refractivity contribution in [3.63, 3.8) is 0 Å². The van der Waals surface area contributed by atoms with Gasteiger partial charge in [-0.2, -0.15) is 0 Å². The largest absolute Gasteiger partial charge is 0.399 e. The predicted molar refractivity (Wildman–Crippen MR) is 75.3 cm³/mol. The first kappa shape index (κ1) is 13.6. The van der Waals surface area contributed by atoms with Gasteiger partial charge in [-0.25, -0.2) is 0 Å². The summed E-state index contributed by atoms with van der Waals surface area (Å²) in [7, 11) is -2.94. The number of hydrogen-bond donors (Lipinski definition) is 2. The molecule has 1 fully saturated rings. The van der Waals surface area contributed by atoms with Crippen molar-refractivity contribution in [2.45, 2.75) is 38.5 Å². The fourth-order valence-corrected chi connectivity index (χ4v) is 5.03. The fraction of sp³-hybridized carbons (Fsp3) is 0.538. The number of hydrogen-bond acceptors (Lipinski definition) is 4. The molecule has 3 N–H and O–H groups in total. The average Bonchev–Trinajstić information content (AvgIpc) is 2.24. The van der Waals surface area contributed by atoms with Crippen molar-refractivity contribution in [3.8, 4) is 0 Å². The standard InChI is InChI=1S/C13H21N2O2P/c1-12(2)9-17-18(16,13(3,4)15-12)11-7-5-10(14)6-8-11/h5-8,15H,9,14H2,1-4H3. The van der Waals surface area contributed by atoms with Gasteiger partial charge in [-0.05, 0) is 52.0 Å². The molecule has 0 bridgehead atoms. The molecule has 1 unspecified atom stereocenters. The van der Waals surface area contributed by atoms with E-state index in [2.05, 4.69) is 5.32 Å². The predicted octanol–water partition coefficient (Wildman–Crippen LogP) is 2.31. The molecule has 1 heterocycles. The summed E-state index contributed by atoms with van der Waals surface area (Å²) in [5.41, 5.74) is 6.15. The van der Waals surface area contributed by atoms with Crippen LogP contribution in [-0.2, 0) is 9.09 Å². The molecule has 2 rings (SSSR count). The van der Waals surface area contributed by atoms with Crippen LogP contribution in [-0.4, -0.2) is 17.4 Å². The number of rotatable bonds is 1. The van der Waals surface area contributed by atoms with Gasteiger partial charge in [-0.3, -0.25) is 9.88 Å². The lowest BCUT2D eigenvalue weighted by Crippen LogP contribution is -2.59. The van der Waals surface area contributed by atoms with Crippen LogP contribution in [0.5, 0.6) is 0 Å². The molecule has 1 saturated heterocycles. The third-order valence-electron chi connectivity index (χ3n) is 3.22. The number of nitrogens with two attached hydrogens (primary N) is 1. The molecule has 100 valence electrons. The summed E-state index contributed by atoms with van der Waals surface area (Å²) in [5.74, 6) is 0. The Morgan fingerprint density at radius 3 is 2.28 bits per heavy atom. The van der Waals surface area contributed by atoms with Crippen LogP contribution in [0.15, 0.2) is 24.3 Å². The van der Waals surface area contributed by atoms with Gasteiger partial charge in [0.25, 0.3) is 7.37 Å². The maximum Gasteiger partial charge on any atom is 0.251 e. The number of nitrogen functional groups attached to an aromatic ring is 1. The smallest absolute Gasteiger partial charge is 0.251 e. The summed E-state index contributed by atoms with van der Waals surface area (Å²) >= 11 is 0. The zero-order chi connectivity index (χ0) is 13.6. The van der Waals surface area contributed by atoms with Crippen molar-refractivity contribution in [1.82, 2.24) is 5.32 Å². The van der Waals surface area contributed by atoms with E-state index in [0.717, 1.165) is 0 Å². The maximum absolute atomic E-state index is 13.2. The molecule has 18 heavy (non-hydrogen) atoms. The highest BCUT2D eigenvalue weighted by molar-refractivity contribution is 7.68. The Morgan fingerprint density at radius 2 is 1.78 bits per heavy atom. The van der Waals surface area contributed by atoms with Crippen molar-refractivity contribution in [2.24, 2.45) is 0 Å². The Kier molecular flexibility index (Phi) is 3.09. The molecule has 0 aromatic heterocycles. The number of anilines is 1. The van der Waals surface area contributed by atoms with E-state index in [1.165, 1.54) is 0 Å². The van der Waals surface area contributed by atoms with Gasteiger partial charge in [-0.1, -0.05) is 0 Å². The normalized spacial score (nSPS) is 30.0. The van der Waals surface area contributed by atoms with Gasteiger partial charge in [0.2, 0.25) is 0 Å². The summed E-state index contributed by atoms with van der Waals surface area (Å²) < 4.78 is 18.9. The van der Waals surface area contributed by atoms with E-state index >= 15 is 0 Å². The molecule has 1 aromatic carbocycles. The second-order valence-electron chi connectivity index (χ2n) is 5.98. The lowest BCUT2D eigenvalue weighted by atomic mass is 10.1. The van der Waals surface area contributed by atoms with Gasteiger partial charge >= 0.3 is 0 Å². The van der Waals surface area contributed by atoms with Crippen LogP contribution >= 0.6 is 7.37 Å². The molecular weight excluding hydrogens is 247 g/mol. The van der Waals surface area contributed by atoms with Crippen LogP contribution in [0.4, 0.5) is 5.69 Å². The van der Waals surface area contributed by atoms with Gasteiger partial charge in [0.1, 0.15) is 0 Å². The number of benzene rings is 1. The van der Waals surface area contributed by atoms with E-state index in [-0.39, 0.29) is 5.54 Å². The zero-order valence-corrected chi connectivity index (χ0v) is 12.3. The van der Waals surface area contributed by atoms with Crippen LogP contribution in [0.1, 0.15) is 27.7 Å². The van der Waals surface area contributed by atoms with E-state index in [4.69, 9.17) is 10.3 Å². The first-order chi connectivity index (χ1) is 8.16. The maximum atomic E-state index is 13.2. The lowest BCUT2D eigenvalue weighted by Gasteiger charge is -2.47. The third kappa shape index (κ3) is 2.20. The Labute approximate surface area is 108 Å². The molecule has 0 aliphatic carbocycles. The van der Waals surface area contributed by atoms with E-state index in [9.17, 15) is 4.57 Å². The molecule has 1 atom stereocenters. The molecule has 4 nitrogen and oxygen atoms in total. The van der Waals surface area contributed by atoms with Crippen molar-refractivity contribution in [2.75, 3.05) is 12.3 Å². The van der Waals surface area contributed by atoms with E-state index in [0.29, 0.717) is 17.6 Å². The Hall–Kier alpha value is -0.830. The quantitative estimate of drug-likeness (QED) is 0.606. The van der Waals surface area contributed by atoms with Gasteiger partial charge < -0.3 is 10.3 Å². The highest BCUT2D eigenvalue weighted by atomic mass is 31.2. The van der Waals surface area contributed by atoms with Crippen LogP contribution < -0.4 is 16.4 Å². The van der Waals surface area contributed by atoms with Crippen LogP contribution in [0.25, 0.3) is 0 Å². The van der Waals surface area contributed by atoms with E-state index in [1.54, 1.807) is 24.3 Å². The SMILES string of the molecule is CC1(C)COP(=O)(c2ccc(N)cc2)C(C)(C)N1. The average molecular weight is 268 g/mol. The molecule has 1 aliphatic heterocycles. The van der Waals surface area contributed by atoms with E-state index in [1.807, 2.05) is 27.7 Å². The number of nitrogens with one attached hydrogen (secondary N) is 1. The molecule has 0 spiro atoms. The summed E-state index contributed by atoms with van der Waals surface area (Å²) in [6.07, 6.45) is 0. The first-order valence-electron chi connectivity index (χ1n) is 6.06. The van der Waals surface area contributed by atoms with Crippen LogP contribution in [0.2, 0.25) is 0 Å². The first-order valence-corrected chi connectivity index (χ1v) is 7.69. The van der Waals surface area contributed by atoms with Gasteiger partial charge in [0.05, 0.1) is 11.9 Å². The van der Waals surface area contributed by atoms with Crippen molar-refractivity contribution < 1.29 is 9.09 Å². The minimum Gasteiger partial charge on any atom is -0.399 e. The van der Waals surface area contributed by atoms with Gasteiger partial charge in [0, 0.05) is 16.5 Å². The fourth-order valence-electron chi connectivity index (χ4n) is 2.42. The summed E-state index contributed by atoms with van der Waals surface area (Å²) in [6, 6.07) is 7.10. The van der Waals surface area contributed by atoms with Crippen molar-refractivity contribution in [3.05, 3.63) is 24.3 Å². The topological polar surface area (TPSA) is 64.3 Å². The molecule has 1 aliphatic rings. The monoisotopic (exact) mass is 268 g/mol. The van der Waals surface area contributed by atoms with Gasteiger partial charge in [0.15, 0.2) is 0 Å². The second kappa shape index (κ2) is 4.09. The summed E-state index contributed by atoms with van der Waals surface area (Å²) in [6.45, 7) is 8.36. The van der Waals surface area contributed by atoms with Gasteiger partial charge in [-0.15, -0.1) is 0 Å². The molecule has 5 heteroatoms. The zero-order valence-electron chi connectivity index (χ0n) is 11.4. The second-order valence-corrected chi connectivity index (χ2v) is 8.98. The van der Waals surface area contributed by atoms with Crippen LogP contribution in [0.3, 0.4) is 0 Å². The summed E-state index contributed by atoms with van der Waals surface area (Å²) in [4.78, 5) is 0. The molecular formula is C13H21N2O2P. The lowest BCUT2D eigenvalue weighted by molar-refractivity contribution is 0.147. The van der Waals surface area contributed by atoms with Crippen molar-refractivity contribution >= 4 is 18.4 Å².